The summed E-state index contributed by atoms with van der Waals surface area (Å²) in [7, 11) is 1.83. The Labute approximate surface area is 86.0 Å². The van der Waals surface area contributed by atoms with Gasteiger partial charge in [-0.1, -0.05) is 11.3 Å². The first kappa shape index (κ1) is 9.08. The van der Waals surface area contributed by atoms with Crippen LogP contribution in [0.15, 0.2) is 18.5 Å². The average molecular weight is 206 g/mol. The molecule has 0 radical (unpaired) electrons. The van der Waals surface area contributed by atoms with Gasteiger partial charge in [-0.25, -0.2) is 0 Å². The second kappa shape index (κ2) is 3.71. The Hall–Kier alpha value is -1.49. The first-order valence-electron chi connectivity index (χ1n) is 4.23. The first-order valence-corrected chi connectivity index (χ1v) is 5.04. The highest BCUT2D eigenvalue weighted by Crippen LogP contribution is 2.25. The van der Waals surface area contributed by atoms with Crippen LogP contribution < -0.4 is 5.32 Å². The van der Waals surface area contributed by atoms with Crippen molar-refractivity contribution in [3.8, 4) is 10.6 Å². The first-order chi connectivity index (χ1) is 6.79. The maximum atomic E-state index is 4.11. The molecule has 2 aromatic heterocycles. The van der Waals surface area contributed by atoms with Crippen LogP contribution in [0, 0.1) is 6.92 Å². The topological polar surface area (TPSA) is 50.7 Å². The number of rotatable bonds is 2. The summed E-state index contributed by atoms with van der Waals surface area (Å²) in [5.74, 6) is 0. The van der Waals surface area contributed by atoms with Crippen molar-refractivity contribution >= 4 is 16.5 Å². The van der Waals surface area contributed by atoms with Crippen molar-refractivity contribution in [2.75, 3.05) is 12.4 Å². The maximum Gasteiger partial charge on any atom is 0.205 e. The van der Waals surface area contributed by atoms with Gasteiger partial charge in [-0.2, -0.15) is 0 Å². The second-order valence-corrected chi connectivity index (χ2v) is 3.89. The van der Waals surface area contributed by atoms with Gasteiger partial charge in [-0.05, 0) is 18.6 Å². The van der Waals surface area contributed by atoms with E-state index in [0.717, 1.165) is 21.3 Å². The maximum absolute atomic E-state index is 4.11. The van der Waals surface area contributed by atoms with E-state index in [1.165, 1.54) is 11.3 Å². The molecule has 0 amide bonds. The number of aryl methyl sites for hydroxylation is 1. The largest absolute Gasteiger partial charge is 0.363 e. The van der Waals surface area contributed by atoms with Crippen molar-refractivity contribution in [1.29, 1.82) is 0 Å². The van der Waals surface area contributed by atoms with E-state index >= 15 is 0 Å². The number of hydrogen-bond acceptors (Lipinski definition) is 5. The molecule has 14 heavy (non-hydrogen) atoms. The van der Waals surface area contributed by atoms with Crippen molar-refractivity contribution in [3.05, 3.63) is 24.0 Å². The number of anilines is 1. The van der Waals surface area contributed by atoms with Crippen LogP contribution in [-0.4, -0.2) is 22.2 Å². The van der Waals surface area contributed by atoms with Crippen LogP contribution in [0.2, 0.25) is 0 Å². The molecule has 4 nitrogen and oxygen atoms in total. The summed E-state index contributed by atoms with van der Waals surface area (Å²) in [6, 6.07) is 2.05. The van der Waals surface area contributed by atoms with E-state index in [4.69, 9.17) is 0 Å². The molecule has 0 fully saturated rings. The lowest BCUT2D eigenvalue weighted by atomic mass is 10.2. The molecule has 0 unspecified atom stereocenters. The Morgan fingerprint density at radius 2 is 2.14 bits per heavy atom. The van der Waals surface area contributed by atoms with Crippen LogP contribution in [0.25, 0.3) is 10.6 Å². The molecule has 0 saturated carbocycles. The summed E-state index contributed by atoms with van der Waals surface area (Å²) in [5.41, 5.74) is 2.15. The van der Waals surface area contributed by atoms with Gasteiger partial charge in [-0.3, -0.25) is 4.98 Å². The lowest BCUT2D eigenvalue weighted by molar-refractivity contribution is 1.09. The zero-order valence-electron chi connectivity index (χ0n) is 7.98. The predicted octanol–water partition coefficient (Wildman–Crippen LogP) is 1.95. The number of aromatic nitrogens is 3. The van der Waals surface area contributed by atoms with Crippen LogP contribution in [0.5, 0.6) is 0 Å². The Balaban J connectivity index is 2.39. The van der Waals surface area contributed by atoms with Gasteiger partial charge < -0.3 is 5.32 Å². The summed E-state index contributed by atoms with van der Waals surface area (Å²) in [4.78, 5) is 4.11. The highest BCUT2D eigenvalue weighted by molar-refractivity contribution is 7.18. The molecule has 0 saturated heterocycles. The normalized spacial score (nSPS) is 10.1. The number of nitrogens with one attached hydrogen (secondary N) is 1. The van der Waals surface area contributed by atoms with Crippen molar-refractivity contribution in [2.24, 2.45) is 0 Å². The third kappa shape index (κ3) is 1.72. The fraction of sp³-hybridized carbons (Fsp3) is 0.222. The van der Waals surface area contributed by atoms with Gasteiger partial charge in [0.25, 0.3) is 0 Å². The highest BCUT2D eigenvalue weighted by Gasteiger charge is 2.05. The van der Waals surface area contributed by atoms with Crippen LogP contribution in [0.1, 0.15) is 5.56 Å². The van der Waals surface area contributed by atoms with Crippen LogP contribution >= 0.6 is 11.3 Å². The summed E-state index contributed by atoms with van der Waals surface area (Å²) >= 11 is 1.52. The molecule has 0 aliphatic heterocycles. The summed E-state index contributed by atoms with van der Waals surface area (Å²) in [5, 5.41) is 12.7. The van der Waals surface area contributed by atoms with Gasteiger partial charge in [0.05, 0.1) is 0 Å². The molecule has 0 spiro atoms. The van der Waals surface area contributed by atoms with Gasteiger partial charge in [0.1, 0.15) is 0 Å². The van der Waals surface area contributed by atoms with Crippen LogP contribution in [0.3, 0.4) is 0 Å². The molecular weight excluding hydrogens is 196 g/mol. The molecule has 0 bridgehead atoms. The smallest absolute Gasteiger partial charge is 0.205 e. The third-order valence-corrected chi connectivity index (χ3v) is 2.75. The zero-order valence-corrected chi connectivity index (χ0v) is 8.80. The molecular formula is C9H10N4S. The van der Waals surface area contributed by atoms with E-state index in [-0.39, 0.29) is 0 Å². The summed E-state index contributed by atoms with van der Waals surface area (Å²) in [6.45, 7) is 2.01. The van der Waals surface area contributed by atoms with Crippen molar-refractivity contribution in [1.82, 2.24) is 15.2 Å². The molecule has 0 aliphatic carbocycles. The molecule has 0 aliphatic rings. The Morgan fingerprint density at radius 1 is 1.29 bits per heavy atom. The van der Waals surface area contributed by atoms with E-state index in [0.29, 0.717) is 0 Å². The van der Waals surface area contributed by atoms with E-state index in [1.54, 1.807) is 6.20 Å². The van der Waals surface area contributed by atoms with Crippen molar-refractivity contribution in [3.63, 3.8) is 0 Å². The lowest BCUT2D eigenvalue weighted by Crippen LogP contribution is -1.84. The standard InChI is InChI=1S/C9H10N4S/c1-6-3-7(5-11-4-6)8-12-13-9(10-2)14-8/h3-5H,1-2H3,(H,10,13). The number of nitrogens with zero attached hydrogens (tertiary/aromatic N) is 3. The molecule has 2 rings (SSSR count). The molecule has 0 aromatic carbocycles. The molecule has 1 N–H and O–H groups in total. The Bertz CT molecular complexity index is 438. The second-order valence-electron chi connectivity index (χ2n) is 2.91. The molecule has 72 valence electrons. The van der Waals surface area contributed by atoms with Gasteiger partial charge in [0, 0.05) is 25.0 Å². The SMILES string of the molecule is CNc1nnc(-c2cncc(C)c2)s1. The fourth-order valence-corrected chi connectivity index (χ4v) is 1.79. The number of hydrogen-bond donors (Lipinski definition) is 1. The molecule has 2 aromatic rings. The third-order valence-electron chi connectivity index (χ3n) is 1.76. The highest BCUT2D eigenvalue weighted by atomic mass is 32.1. The quantitative estimate of drug-likeness (QED) is 0.816. The van der Waals surface area contributed by atoms with Gasteiger partial charge in [0.15, 0.2) is 5.01 Å². The minimum absolute atomic E-state index is 0.821. The van der Waals surface area contributed by atoms with Crippen molar-refractivity contribution < 1.29 is 0 Å². The van der Waals surface area contributed by atoms with Crippen molar-refractivity contribution in [2.45, 2.75) is 6.92 Å². The van der Waals surface area contributed by atoms with Gasteiger partial charge in [0.2, 0.25) is 5.13 Å². The Kier molecular flexibility index (Phi) is 2.41. The monoisotopic (exact) mass is 206 g/mol. The summed E-state index contributed by atoms with van der Waals surface area (Å²) in [6.07, 6.45) is 3.62. The molecule has 5 heteroatoms. The van der Waals surface area contributed by atoms with Gasteiger partial charge >= 0.3 is 0 Å². The van der Waals surface area contributed by atoms with E-state index in [2.05, 4.69) is 20.5 Å². The van der Waals surface area contributed by atoms with E-state index in [9.17, 15) is 0 Å². The molecule has 2 heterocycles. The predicted molar refractivity (Wildman–Crippen MR) is 57.4 cm³/mol. The molecule has 0 atom stereocenters. The summed E-state index contributed by atoms with van der Waals surface area (Å²) < 4.78 is 0. The van der Waals surface area contributed by atoms with Gasteiger partial charge in [-0.15, -0.1) is 10.2 Å². The minimum atomic E-state index is 0.821. The minimum Gasteiger partial charge on any atom is -0.363 e. The van der Waals surface area contributed by atoms with E-state index < -0.39 is 0 Å². The Morgan fingerprint density at radius 3 is 2.79 bits per heavy atom. The average Bonchev–Trinajstić information content (AvgIpc) is 2.66. The zero-order chi connectivity index (χ0) is 9.97. The number of pyridine rings is 1. The van der Waals surface area contributed by atoms with Crippen LogP contribution in [0.4, 0.5) is 5.13 Å². The fourth-order valence-electron chi connectivity index (χ4n) is 1.11. The van der Waals surface area contributed by atoms with Crippen LogP contribution in [-0.2, 0) is 0 Å². The van der Waals surface area contributed by atoms with E-state index in [1.807, 2.05) is 26.2 Å². The lowest BCUT2D eigenvalue weighted by Gasteiger charge is -1.95.